The van der Waals surface area contributed by atoms with E-state index in [2.05, 4.69) is 27.5 Å². The van der Waals surface area contributed by atoms with Crippen LogP contribution in [0.15, 0.2) is 54.9 Å². The number of nitrogens with zero attached hydrogens (tertiary/aromatic N) is 3. The zero-order valence-electron chi connectivity index (χ0n) is 18.4. The third kappa shape index (κ3) is 6.39. The monoisotopic (exact) mass is 451 g/mol. The molecule has 1 aromatic heterocycles. The van der Waals surface area contributed by atoms with Crippen LogP contribution in [0.3, 0.4) is 0 Å². The van der Waals surface area contributed by atoms with Gasteiger partial charge in [0.2, 0.25) is 11.6 Å². The summed E-state index contributed by atoms with van der Waals surface area (Å²) >= 11 is 0. The summed E-state index contributed by atoms with van der Waals surface area (Å²) in [6.45, 7) is 4.73. The van der Waals surface area contributed by atoms with Gasteiger partial charge in [-0.1, -0.05) is 13.3 Å². The van der Waals surface area contributed by atoms with Crippen molar-refractivity contribution in [3.05, 3.63) is 70.5 Å². The predicted octanol–water partition coefficient (Wildman–Crippen LogP) is 5.23. The highest BCUT2D eigenvalue weighted by molar-refractivity contribution is 5.90. The van der Waals surface area contributed by atoms with Gasteiger partial charge in [-0.2, -0.15) is 0 Å². The summed E-state index contributed by atoms with van der Waals surface area (Å²) in [5.41, 5.74) is 1.20. The van der Waals surface area contributed by atoms with Gasteiger partial charge in [-0.25, -0.2) is 14.8 Å². The fraction of sp³-hybridized carbons (Fsp3) is 0.261. The molecule has 1 heterocycles. The van der Waals surface area contributed by atoms with Crippen molar-refractivity contribution in [2.24, 2.45) is 0 Å². The van der Waals surface area contributed by atoms with E-state index in [1.54, 1.807) is 55.5 Å². The molecular weight excluding hydrogens is 426 g/mol. The zero-order valence-corrected chi connectivity index (χ0v) is 18.4. The Morgan fingerprint density at radius 3 is 2.06 bits per heavy atom. The van der Waals surface area contributed by atoms with Crippen LogP contribution in [0.1, 0.15) is 37.0 Å². The Morgan fingerprint density at radius 2 is 1.55 bits per heavy atom. The number of carbonyl (C=O) groups is 1. The van der Waals surface area contributed by atoms with Gasteiger partial charge in [0.05, 0.1) is 23.7 Å². The summed E-state index contributed by atoms with van der Waals surface area (Å²) in [5, 5.41) is 17.7. The van der Waals surface area contributed by atoms with Gasteiger partial charge in [-0.05, 0) is 61.9 Å². The van der Waals surface area contributed by atoms with Crippen LogP contribution in [0.5, 0.6) is 5.75 Å². The first-order valence-corrected chi connectivity index (χ1v) is 10.5. The number of anilines is 4. The minimum atomic E-state index is -0.556. The Kier molecular flexibility index (Phi) is 8.12. The number of hydrogen-bond donors (Lipinski definition) is 2. The van der Waals surface area contributed by atoms with Gasteiger partial charge >= 0.3 is 11.7 Å². The summed E-state index contributed by atoms with van der Waals surface area (Å²) in [5.74, 6) is 0.339. The van der Waals surface area contributed by atoms with Crippen LogP contribution in [0.25, 0.3) is 0 Å². The minimum Gasteiger partial charge on any atom is -0.494 e. The topological polar surface area (TPSA) is 129 Å². The van der Waals surface area contributed by atoms with Gasteiger partial charge in [0.1, 0.15) is 12.1 Å². The van der Waals surface area contributed by atoms with Gasteiger partial charge < -0.3 is 20.1 Å². The molecule has 0 unspecified atom stereocenters. The lowest BCUT2D eigenvalue weighted by molar-refractivity contribution is -0.383. The van der Waals surface area contributed by atoms with Crippen LogP contribution in [-0.2, 0) is 4.74 Å². The number of hydrogen-bond acceptors (Lipinski definition) is 9. The lowest BCUT2D eigenvalue weighted by Crippen LogP contribution is -2.06. The Balaban J connectivity index is 1.77. The molecular formula is C23H25N5O5. The first-order chi connectivity index (χ1) is 16.0. The van der Waals surface area contributed by atoms with Gasteiger partial charge in [-0.3, -0.25) is 10.1 Å². The number of esters is 1. The van der Waals surface area contributed by atoms with E-state index in [1.807, 2.05) is 0 Å². The van der Waals surface area contributed by atoms with Crippen molar-refractivity contribution in [2.75, 3.05) is 23.8 Å². The number of rotatable bonds is 11. The second-order valence-electron chi connectivity index (χ2n) is 6.95. The average Bonchev–Trinajstić information content (AvgIpc) is 2.81. The molecule has 3 rings (SSSR count). The van der Waals surface area contributed by atoms with Crippen LogP contribution in [-0.4, -0.2) is 34.1 Å². The maximum absolute atomic E-state index is 11.8. The summed E-state index contributed by atoms with van der Waals surface area (Å²) in [6, 6.07) is 13.4. The van der Waals surface area contributed by atoms with Crippen LogP contribution < -0.4 is 15.4 Å². The van der Waals surface area contributed by atoms with E-state index in [0.29, 0.717) is 23.5 Å². The Hall–Kier alpha value is -4.21. The fourth-order valence-electron chi connectivity index (χ4n) is 2.88. The first kappa shape index (κ1) is 23.5. The molecule has 0 aliphatic carbocycles. The van der Waals surface area contributed by atoms with E-state index < -0.39 is 10.9 Å². The molecule has 0 aliphatic heterocycles. The highest BCUT2D eigenvalue weighted by atomic mass is 16.6. The smallest absolute Gasteiger partial charge is 0.353 e. The average molecular weight is 451 g/mol. The first-order valence-electron chi connectivity index (χ1n) is 10.5. The normalized spacial score (nSPS) is 10.4. The van der Waals surface area contributed by atoms with E-state index in [9.17, 15) is 14.9 Å². The third-order valence-corrected chi connectivity index (χ3v) is 4.55. The van der Waals surface area contributed by atoms with Gasteiger partial charge in [-0.15, -0.1) is 0 Å². The van der Waals surface area contributed by atoms with Crippen LogP contribution in [0.4, 0.5) is 28.7 Å². The van der Waals surface area contributed by atoms with E-state index in [1.165, 1.54) is 6.33 Å². The number of nitro groups is 1. The quantitative estimate of drug-likeness (QED) is 0.174. The lowest BCUT2D eigenvalue weighted by atomic mass is 10.2. The number of nitrogens with one attached hydrogen (secondary N) is 2. The molecule has 0 radical (unpaired) electrons. The molecule has 0 bridgehead atoms. The molecule has 0 saturated heterocycles. The van der Waals surface area contributed by atoms with Crippen molar-refractivity contribution < 1.29 is 19.2 Å². The molecule has 33 heavy (non-hydrogen) atoms. The molecule has 0 saturated carbocycles. The fourth-order valence-corrected chi connectivity index (χ4v) is 2.88. The number of benzene rings is 2. The number of aromatic nitrogens is 2. The Bertz CT molecular complexity index is 1090. The minimum absolute atomic E-state index is 0.0147. The molecule has 0 spiro atoms. The van der Waals surface area contributed by atoms with Crippen molar-refractivity contribution in [2.45, 2.75) is 26.7 Å². The summed E-state index contributed by atoms with van der Waals surface area (Å²) in [6.07, 6.45) is 3.24. The molecule has 10 nitrogen and oxygen atoms in total. The van der Waals surface area contributed by atoms with E-state index in [4.69, 9.17) is 9.47 Å². The number of carbonyl (C=O) groups excluding carboxylic acids is 1. The molecule has 0 atom stereocenters. The van der Waals surface area contributed by atoms with E-state index in [0.717, 1.165) is 18.6 Å². The van der Waals surface area contributed by atoms with Crippen LogP contribution in [0, 0.1) is 10.1 Å². The number of ether oxygens (including phenoxy) is 2. The third-order valence-electron chi connectivity index (χ3n) is 4.55. The van der Waals surface area contributed by atoms with Crippen LogP contribution >= 0.6 is 0 Å². The van der Waals surface area contributed by atoms with Gasteiger partial charge in [0.15, 0.2) is 0 Å². The second-order valence-corrected chi connectivity index (χ2v) is 6.95. The molecule has 0 aliphatic rings. The van der Waals surface area contributed by atoms with Crippen molar-refractivity contribution >= 4 is 34.7 Å². The molecule has 10 heteroatoms. The van der Waals surface area contributed by atoms with E-state index >= 15 is 0 Å². The predicted molar refractivity (Wildman–Crippen MR) is 124 cm³/mol. The van der Waals surface area contributed by atoms with E-state index in [-0.39, 0.29) is 23.9 Å². The largest absolute Gasteiger partial charge is 0.494 e. The van der Waals surface area contributed by atoms with Gasteiger partial charge in [0, 0.05) is 11.4 Å². The van der Waals surface area contributed by atoms with Crippen molar-refractivity contribution in [3.63, 3.8) is 0 Å². The standard InChI is InChI=1S/C23H25N5O5/c1-3-5-14-33-19-12-10-18(11-13-19)27-22-20(28(30)31)21(24-15-25-22)26-17-8-6-16(7-9-17)23(29)32-4-2/h6-13,15H,3-5,14H2,1-2H3,(H2,24,25,26,27). The molecule has 172 valence electrons. The molecule has 0 fully saturated rings. The lowest BCUT2D eigenvalue weighted by Gasteiger charge is -2.11. The molecule has 0 amide bonds. The van der Waals surface area contributed by atoms with Crippen molar-refractivity contribution in [1.82, 2.24) is 9.97 Å². The Morgan fingerprint density at radius 1 is 0.970 bits per heavy atom. The highest BCUT2D eigenvalue weighted by Gasteiger charge is 2.23. The van der Waals surface area contributed by atoms with Gasteiger partial charge in [0.25, 0.3) is 0 Å². The number of unbranched alkanes of at least 4 members (excludes halogenated alkanes) is 1. The summed E-state index contributed by atoms with van der Waals surface area (Å²) in [4.78, 5) is 31.1. The molecule has 3 aromatic rings. The maximum atomic E-state index is 11.8. The van der Waals surface area contributed by atoms with Crippen molar-refractivity contribution in [1.29, 1.82) is 0 Å². The van der Waals surface area contributed by atoms with Crippen molar-refractivity contribution in [3.8, 4) is 5.75 Å². The summed E-state index contributed by atoms with van der Waals surface area (Å²) < 4.78 is 10.6. The zero-order chi connectivity index (χ0) is 23.6. The SMILES string of the molecule is CCCCOc1ccc(Nc2ncnc(Nc3ccc(C(=O)OCC)cc3)c2[N+](=O)[O-])cc1. The summed E-state index contributed by atoms with van der Waals surface area (Å²) in [7, 11) is 0. The molecule has 2 N–H and O–H groups in total. The second kappa shape index (κ2) is 11.4. The highest BCUT2D eigenvalue weighted by Crippen LogP contribution is 2.33. The maximum Gasteiger partial charge on any atom is 0.353 e. The van der Waals surface area contributed by atoms with Crippen LogP contribution in [0.2, 0.25) is 0 Å². The molecule has 2 aromatic carbocycles. The Labute approximate surface area is 191 Å².